The molecular weight excluding hydrogens is 324 g/mol. The third-order valence-corrected chi connectivity index (χ3v) is 4.59. The Hall–Kier alpha value is -2.80. The van der Waals surface area contributed by atoms with Crippen LogP contribution < -0.4 is 19.5 Å². The van der Waals surface area contributed by atoms with Crippen LogP contribution in [-0.4, -0.2) is 25.7 Å². The van der Waals surface area contributed by atoms with Crippen molar-refractivity contribution in [2.45, 2.75) is 19.5 Å². The smallest absolute Gasteiger partial charge is 0.269 e. The molecule has 0 fully saturated rings. The largest absolute Gasteiger partial charge is 0.872 e. The standard InChI is InChI=1S/C18H20N2O5/c1-24-17-8-12-5-6-19(10-13(12)9-18(17)25-2)11-14-7-15(20(22)23)3-4-16(14)21/h3-4,7-9,21H,5-6,10-11H2,1-2H3. The van der Waals surface area contributed by atoms with Gasteiger partial charge in [0.2, 0.25) is 0 Å². The van der Waals surface area contributed by atoms with E-state index in [-0.39, 0.29) is 11.4 Å². The van der Waals surface area contributed by atoms with E-state index in [9.17, 15) is 15.2 Å². The summed E-state index contributed by atoms with van der Waals surface area (Å²) in [6.45, 7) is 2.05. The summed E-state index contributed by atoms with van der Waals surface area (Å²) in [7, 11) is 3.22. The monoisotopic (exact) mass is 344 g/mol. The van der Waals surface area contributed by atoms with E-state index in [0.717, 1.165) is 25.1 Å². The number of hydrogen-bond donors (Lipinski definition) is 1. The van der Waals surface area contributed by atoms with Crippen LogP contribution in [-0.2, 0) is 19.5 Å². The van der Waals surface area contributed by atoms with Gasteiger partial charge in [0, 0.05) is 29.7 Å². The lowest BCUT2D eigenvalue weighted by atomic mass is 9.98. The van der Waals surface area contributed by atoms with E-state index in [1.165, 1.54) is 28.7 Å². The maximum atomic E-state index is 12.0. The average molecular weight is 344 g/mol. The average Bonchev–Trinajstić information content (AvgIpc) is 2.62. The number of fused-ring (bicyclic) bond motifs is 1. The van der Waals surface area contributed by atoms with Gasteiger partial charge in [-0.05, 0) is 17.7 Å². The Morgan fingerprint density at radius 3 is 2.44 bits per heavy atom. The van der Waals surface area contributed by atoms with Crippen molar-refractivity contribution >= 4 is 5.69 Å². The number of nitrogens with one attached hydrogen (secondary N) is 1. The molecule has 0 spiro atoms. The van der Waals surface area contributed by atoms with E-state index in [0.29, 0.717) is 23.6 Å². The molecule has 132 valence electrons. The molecule has 1 heterocycles. The number of nitrogens with zero attached hydrogens (tertiary/aromatic N) is 1. The van der Waals surface area contributed by atoms with Crippen LogP contribution in [0.4, 0.5) is 5.69 Å². The molecule has 1 aliphatic rings. The number of rotatable bonds is 5. The number of nitro groups is 1. The second-order valence-corrected chi connectivity index (χ2v) is 6.13. The van der Waals surface area contributed by atoms with Crippen LogP contribution in [0.2, 0.25) is 0 Å². The van der Waals surface area contributed by atoms with Gasteiger partial charge < -0.3 is 19.5 Å². The molecule has 0 amide bonds. The summed E-state index contributed by atoms with van der Waals surface area (Å²) >= 11 is 0. The summed E-state index contributed by atoms with van der Waals surface area (Å²) < 4.78 is 10.7. The van der Waals surface area contributed by atoms with Crippen molar-refractivity contribution < 1.29 is 24.4 Å². The van der Waals surface area contributed by atoms with Gasteiger partial charge in [0.05, 0.1) is 25.7 Å². The molecule has 0 bridgehead atoms. The Labute approximate surface area is 145 Å². The fraction of sp³-hybridized carbons (Fsp3) is 0.333. The van der Waals surface area contributed by atoms with E-state index >= 15 is 0 Å². The fourth-order valence-corrected chi connectivity index (χ4v) is 3.27. The lowest BCUT2D eigenvalue weighted by Gasteiger charge is -2.28. The lowest BCUT2D eigenvalue weighted by Crippen LogP contribution is -3.10. The predicted molar refractivity (Wildman–Crippen MR) is 89.0 cm³/mol. The Morgan fingerprint density at radius 2 is 1.80 bits per heavy atom. The number of quaternary nitrogens is 1. The van der Waals surface area contributed by atoms with Gasteiger partial charge >= 0.3 is 0 Å². The third-order valence-electron chi connectivity index (χ3n) is 4.59. The maximum Gasteiger partial charge on any atom is 0.269 e. The molecule has 0 aromatic heterocycles. The van der Waals surface area contributed by atoms with E-state index in [1.807, 2.05) is 12.1 Å². The molecule has 1 unspecified atom stereocenters. The van der Waals surface area contributed by atoms with Crippen LogP contribution in [0.5, 0.6) is 17.2 Å². The molecular formula is C18H20N2O5. The molecule has 0 saturated heterocycles. The molecule has 1 N–H and O–H groups in total. The Bertz CT molecular complexity index is 806. The van der Waals surface area contributed by atoms with Gasteiger partial charge in [-0.3, -0.25) is 10.1 Å². The Kier molecular flexibility index (Phi) is 4.76. The molecule has 1 atom stereocenters. The minimum absolute atomic E-state index is 0.0437. The maximum absolute atomic E-state index is 12.0. The summed E-state index contributed by atoms with van der Waals surface area (Å²) in [5.41, 5.74) is 2.80. The van der Waals surface area contributed by atoms with Crippen molar-refractivity contribution in [3.8, 4) is 17.2 Å². The molecule has 25 heavy (non-hydrogen) atoms. The van der Waals surface area contributed by atoms with Crippen molar-refractivity contribution in [3.05, 3.63) is 57.1 Å². The molecule has 0 aliphatic carbocycles. The van der Waals surface area contributed by atoms with Crippen LogP contribution in [0, 0.1) is 10.1 Å². The van der Waals surface area contributed by atoms with Crippen LogP contribution in [0.1, 0.15) is 16.7 Å². The summed E-state index contributed by atoms with van der Waals surface area (Å²) in [6, 6.07) is 7.89. The zero-order valence-electron chi connectivity index (χ0n) is 14.2. The molecule has 3 rings (SSSR count). The Balaban J connectivity index is 1.81. The van der Waals surface area contributed by atoms with E-state index < -0.39 is 4.92 Å². The molecule has 7 heteroatoms. The van der Waals surface area contributed by atoms with Crippen LogP contribution in [0.3, 0.4) is 0 Å². The first kappa shape index (κ1) is 17.0. The van der Waals surface area contributed by atoms with Crippen LogP contribution in [0.15, 0.2) is 30.3 Å². The van der Waals surface area contributed by atoms with Gasteiger partial charge in [-0.25, -0.2) is 0 Å². The topological polar surface area (TPSA) is 89.1 Å². The van der Waals surface area contributed by atoms with E-state index in [1.54, 1.807) is 14.2 Å². The molecule has 2 aromatic rings. The van der Waals surface area contributed by atoms with Crippen LogP contribution in [0.25, 0.3) is 0 Å². The van der Waals surface area contributed by atoms with Gasteiger partial charge in [-0.15, -0.1) is 0 Å². The minimum atomic E-state index is -0.471. The molecule has 0 saturated carbocycles. The summed E-state index contributed by atoms with van der Waals surface area (Å²) in [5, 5.41) is 22.9. The van der Waals surface area contributed by atoms with Crippen molar-refractivity contribution in [3.63, 3.8) is 0 Å². The number of hydrogen-bond acceptors (Lipinski definition) is 5. The highest BCUT2D eigenvalue weighted by atomic mass is 16.6. The molecule has 2 aromatic carbocycles. The number of benzene rings is 2. The zero-order chi connectivity index (χ0) is 18.0. The first-order valence-corrected chi connectivity index (χ1v) is 8.03. The minimum Gasteiger partial charge on any atom is -0.872 e. The summed E-state index contributed by atoms with van der Waals surface area (Å²) in [4.78, 5) is 11.6. The number of methoxy groups -OCH3 is 2. The Morgan fingerprint density at radius 1 is 1.12 bits per heavy atom. The number of non-ortho nitro benzene ring substituents is 1. The SMILES string of the molecule is COc1cc2c(cc1OC)C[NH+](Cc1cc([N+](=O)[O-])ccc1[O-])CC2. The summed E-state index contributed by atoms with van der Waals surface area (Å²) in [5.74, 6) is 1.24. The van der Waals surface area contributed by atoms with Crippen LogP contribution >= 0.6 is 0 Å². The zero-order valence-corrected chi connectivity index (χ0v) is 14.2. The number of ether oxygens (including phenoxy) is 2. The normalized spacial score (nSPS) is 16.2. The lowest BCUT2D eigenvalue weighted by molar-refractivity contribution is -0.929. The number of nitro benzene ring substituents is 1. The highest BCUT2D eigenvalue weighted by Crippen LogP contribution is 2.31. The van der Waals surface area contributed by atoms with Gasteiger partial charge in [0.1, 0.15) is 13.1 Å². The van der Waals surface area contributed by atoms with Gasteiger partial charge in [-0.2, -0.15) is 0 Å². The quantitative estimate of drug-likeness (QED) is 0.641. The predicted octanol–water partition coefficient (Wildman–Crippen LogP) is 0.827. The van der Waals surface area contributed by atoms with Crippen molar-refractivity contribution in [1.29, 1.82) is 0 Å². The van der Waals surface area contributed by atoms with Gasteiger partial charge in [0.15, 0.2) is 11.5 Å². The fourth-order valence-electron chi connectivity index (χ4n) is 3.27. The van der Waals surface area contributed by atoms with Gasteiger partial charge in [-0.1, -0.05) is 11.8 Å². The third kappa shape index (κ3) is 3.51. The first-order valence-electron chi connectivity index (χ1n) is 8.03. The highest BCUT2D eigenvalue weighted by Gasteiger charge is 2.23. The second kappa shape index (κ2) is 6.98. The second-order valence-electron chi connectivity index (χ2n) is 6.13. The van der Waals surface area contributed by atoms with Gasteiger partial charge in [0.25, 0.3) is 5.69 Å². The summed E-state index contributed by atoms with van der Waals surface area (Å²) in [6.07, 6.45) is 0.855. The van der Waals surface area contributed by atoms with Crippen molar-refractivity contribution in [2.24, 2.45) is 0 Å². The van der Waals surface area contributed by atoms with E-state index in [4.69, 9.17) is 9.47 Å². The highest BCUT2D eigenvalue weighted by molar-refractivity contribution is 5.48. The molecule has 1 aliphatic heterocycles. The van der Waals surface area contributed by atoms with Crippen molar-refractivity contribution in [2.75, 3.05) is 20.8 Å². The molecule has 7 nitrogen and oxygen atoms in total. The van der Waals surface area contributed by atoms with E-state index in [2.05, 4.69) is 0 Å². The van der Waals surface area contributed by atoms with Crippen molar-refractivity contribution in [1.82, 2.24) is 0 Å². The molecule has 0 radical (unpaired) electrons. The first-order chi connectivity index (χ1) is 12.0.